The van der Waals surface area contributed by atoms with Crippen LogP contribution in [-0.4, -0.2) is 47.7 Å². The number of likely N-dealkylation sites (N-methyl/N-ethyl adjacent to an activating group) is 1. The lowest BCUT2D eigenvalue weighted by Crippen LogP contribution is -2.45. The highest BCUT2D eigenvalue weighted by Gasteiger charge is 2.32. The molecule has 2 atom stereocenters. The molecule has 1 saturated heterocycles. The third-order valence-corrected chi connectivity index (χ3v) is 4.28. The molecule has 2 rings (SSSR count). The molecule has 1 unspecified atom stereocenters. The zero-order valence-corrected chi connectivity index (χ0v) is 13.1. The highest BCUT2D eigenvalue weighted by Crippen LogP contribution is 2.21. The maximum atomic E-state index is 8.45. The summed E-state index contributed by atoms with van der Waals surface area (Å²) in [6.07, 6.45) is 0. The van der Waals surface area contributed by atoms with Gasteiger partial charge in [0.15, 0.2) is 0 Å². The molecule has 3 nitrogen and oxygen atoms in total. The number of hydrogen-bond acceptors (Lipinski definition) is 3. The fraction of sp³-hybridized carbons (Fsp3) is 0.588. The predicted molar refractivity (Wildman–Crippen MR) is 85.3 cm³/mol. The van der Waals surface area contributed by atoms with E-state index in [4.69, 9.17) is 5.41 Å². The smallest absolute Gasteiger partial charge is 0.0514 e. The van der Waals surface area contributed by atoms with Crippen LogP contribution in [0.3, 0.4) is 0 Å². The summed E-state index contributed by atoms with van der Waals surface area (Å²) in [5.74, 6) is 0.477. The second-order valence-electron chi connectivity index (χ2n) is 6.39. The monoisotopic (exact) mass is 273 g/mol. The molecular weight excluding hydrogens is 246 g/mol. The molecule has 1 aromatic rings. The fourth-order valence-corrected chi connectivity index (χ4v) is 3.14. The number of rotatable bonds is 3. The first-order valence-electron chi connectivity index (χ1n) is 7.54. The van der Waals surface area contributed by atoms with Gasteiger partial charge in [0.2, 0.25) is 0 Å². The molecule has 0 bridgehead atoms. The van der Waals surface area contributed by atoms with Crippen LogP contribution in [0.1, 0.15) is 26.3 Å². The molecule has 110 valence electrons. The molecule has 0 aliphatic carbocycles. The minimum atomic E-state index is 0.252. The standard InChI is InChI=1S/C17H27N3/c1-13(2)17-16(18)12-19(4)14(3)10-20(17)11-15-8-6-5-7-9-15/h5-9,13-14,17-18H,10-12H2,1-4H3/t14-,17?/m1/s1. The number of nitrogens with zero attached hydrogens (tertiary/aromatic N) is 2. The van der Waals surface area contributed by atoms with E-state index in [1.54, 1.807) is 0 Å². The summed E-state index contributed by atoms with van der Waals surface area (Å²) in [6.45, 7) is 9.46. The van der Waals surface area contributed by atoms with Crippen molar-refractivity contribution in [2.45, 2.75) is 39.4 Å². The first kappa shape index (κ1) is 15.2. The summed E-state index contributed by atoms with van der Waals surface area (Å²) in [4.78, 5) is 4.78. The molecule has 1 aromatic carbocycles. The average Bonchev–Trinajstić information content (AvgIpc) is 2.48. The van der Waals surface area contributed by atoms with Gasteiger partial charge in [-0.15, -0.1) is 0 Å². The largest absolute Gasteiger partial charge is 0.307 e. The van der Waals surface area contributed by atoms with E-state index in [0.29, 0.717) is 12.0 Å². The van der Waals surface area contributed by atoms with E-state index in [1.807, 2.05) is 0 Å². The van der Waals surface area contributed by atoms with Crippen molar-refractivity contribution in [1.82, 2.24) is 9.80 Å². The van der Waals surface area contributed by atoms with Crippen LogP contribution in [-0.2, 0) is 6.54 Å². The Labute approximate surface area is 123 Å². The highest BCUT2D eigenvalue weighted by atomic mass is 15.3. The molecule has 20 heavy (non-hydrogen) atoms. The van der Waals surface area contributed by atoms with Gasteiger partial charge in [0.1, 0.15) is 0 Å². The van der Waals surface area contributed by atoms with Gasteiger partial charge in [0, 0.05) is 31.4 Å². The van der Waals surface area contributed by atoms with Gasteiger partial charge >= 0.3 is 0 Å². The lowest BCUT2D eigenvalue weighted by molar-refractivity contribution is 0.162. The Morgan fingerprint density at radius 2 is 1.90 bits per heavy atom. The SMILES string of the molecule is CC(C)C1C(=N)CN(C)[C@H](C)CN1Cc1ccccc1. The lowest BCUT2D eigenvalue weighted by Gasteiger charge is -2.33. The van der Waals surface area contributed by atoms with Crippen LogP contribution >= 0.6 is 0 Å². The molecule has 1 aliphatic heterocycles. The van der Waals surface area contributed by atoms with Crippen LogP contribution in [0.5, 0.6) is 0 Å². The van der Waals surface area contributed by atoms with Gasteiger partial charge in [0.25, 0.3) is 0 Å². The lowest BCUT2D eigenvalue weighted by atomic mass is 9.97. The molecule has 0 amide bonds. The van der Waals surface area contributed by atoms with Crippen molar-refractivity contribution in [1.29, 1.82) is 5.41 Å². The van der Waals surface area contributed by atoms with Crippen molar-refractivity contribution in [3.63, 3.8) is 0 Å². The summed E-state index contributed by atoms with van der Waals surface area (Å²) in [7, 11) is 2.13. The summed E-state index contributed by atoms with van der Waals surface area (Å²) < 4.78 is 0. The average molecular weight is 273 g/mol. The Morgan fingerprint density at radius 3 is 2.50 bits per heavy atom. The van der Waals surface area contributed by atoms with Gasteiger partial charge in [-0.1, -0.05) is 44.2 Å². The summed E-state index contributed by atoms with van der Waals surface area (Å²) in [6, 6.07) is 11.4. The molecule has 1 N–H and O–H groups in total. The highest BCUT2D eigenvalue weighted by molar-refractivity contribution is 5.89. The quantitative estimate of drug-likeness (QED) is 0.918. The predicted octanol–water partition coefficient (Wildman–Crippen LogP) is 2.87. The zero-order valence-electron chi connectivity index (χ0n) is 13.1. The fourth-order valence-electron chi connectivity index (χ4n) is 3.14. The Bertz CT molecular complexity index is 441. The van der Waals surface area contributed by atoms with Gasteiger partial charge in [-0.05, 0) is 25.5 Å². The summed E-state index contributed by atoms with van der Waals surface area (Å²) in [5, 5.41) is 8.45. The van der Waals surface area contributed by atoms with E-state index < -0.39 is 0 Å². The molecular formula is C17H27N3. The van der Waals surface area contributed by atoms with Crippen LogP contribution in [0.2, 0.25) is 0 Å². The van der Waals surface area contributed by atoms with Crippen molar-refractivity contribution in [2.24, 2.45) is 5.92 Å². The van der Waals surface area contributed by atoms with Crippen LogP contribution in [0.25, 0.3) is 0 Å². The maximum Gasteiger partial charge on any atom is 0.0514 e. The van der Waals surface area contributed by atoms with E-state index in [9.17, 15) is 0 Å². The van der Waals surface area contributed by atoms with Gasteiger partial charge in [-0.25, -0.2) is 0 Å². The van der Waals surface area contributed by atoms with Crippen molar-refractivity contribution < 1.29 is 0 Å². The van der Waals surface area contributed by atoms with E-state index >= 15 is 0 Å². The molecule has 1 fully saturated rings. The third kappa shape index (κ3) is 3.47. The molecule has 0 saturated carbocycles. The van der Waals surface area contributed by atoms with Crippen molar-refractivity contribution >= 4 is 5.71 Å². The molecule has 0 radical (unpaired) electrons. The zero-order chi connectivity index (χ0) is 14.7. The molecule has 3 heteroatoms. The Morgan fingerprint density at radius 1 is 1.25 bits per heavy atom. The Balaban J connectivity index is 2.23. The van der Waals surface area contributed by atoms with Crippen LogP contribution < -0.4 is 0 Å². The minimum absolute atomic E-state index is 0.252. The Kier molecular flexibility index (Phi) is 4.95. The molecule has 1 aliphatic rings. The normalized spacial score (nSPS) is 25.9. The minimum Gasteiger partial charge on any atom is -0.307 e. The summed E-state index contributed by atoms with van der Waals surface area (Å²) in [5.41, 5.74) is 2.19. The van der Waals surface area contributed by atoms with Crippen molar-refractivity contribution in [3.8, 4) is 0 Å². The van der Waals surface area contributed by atoms with E-state index in [-0.39, 0.29) is 6.04 Å². The second kappa shape index (κ2) is 6.51. The van der Waals surface area contributed by atoms with Crippen LogP contribution in [0, 0.1) is 11.3 Å². The first-order valence-corrected chi connectivity index (χ1v) is 7.54. The topological polar surface area (TPSA) is 30.3 Å². The van der Waals surface area contributed by atoms with Crippen LogP contribution in [0.4, 0.5) is 0 Å². The van der Waals surface area contributed by atoms with Crippen molar-refractivity contribution in [3.05, 3.63) is 35.9 Å². The third-order valence-electron chi connectivity index (χ3n) is 4.28. The van der Waals surface area contributed by atoms with E-state index in [1.165, 1.54) is 5.56 Å². The number of benzene rings is 1. The maximum absolute atomic E-state index is 8.45. The van der Waals surface area contributed by atoms with Crippen LogP contribution in [0.15, 0.2) is 30.3 Å². The van der Waals surface area contributed by atoms with Gasteiger partial charge < -0.3 is 5.41 Å². The molecule has 1 heterocycles. The van der Waals surface area contributed by atoms with Crippen molar-refractivity contribution in [2.75, 3.05) is 20.1 Å². The van der Waals surface area contributed by atoms with Gasteiger partial charge in [-0.2, -0.15) is 0 Å². The van der Waals surface area contributed by atoms with E-state index in [0.717, 1.165) is 25.3 Å². The number of hydrogen-bond donors (Lipinski definition) is 1. The summed E-state index contributed by atoms with van der Waals surface area (Å²) >= 11 is 0. The number of nitrogens with one attached hydrogen (secondary N) is 1. The van der Waals surface area contributed by atoms with E-state index in [2.05, 4.69) is 68.0 Å². The molecule has 0 spiro atoms. The first-order chi connectivity index (χ1) is 9.49. The molecule has 0 aromatic heterocycles. The van der Waals surface area contributed by atoms with Gasteiger partial charge in [0.05, 0.1) is 6.04 Å². The Hall–Kier alpha value is -1.19. The second-order valence-corrected chi connectivity index (χ2v) is 6.39. The van der Waals surface area contributed by atoms with Gasteiger partial charge in [-0.3, -0.25) is 9.80 Å².